The Kier molecular flexibility index (Phi) is 5.09. The van der Waals surface area contributed by atoms with Crippen LogP contribution < -0.4 is 10.6 Å². The van der Waals surface area contributed by atoms with Crippen molar-refractivity contribution in [2.75, 3.05) is 13.1 Å². The minimum absolute atomic E-state index is 0.233. The fourth-order valence-electron chi connectivity index (χ4n) is 2.79. The monoisotopic (exact) mass is 333 g/mol. The second kappa shape index (κ2) is 7.43. The lowest BCUT2D eigenvalue weighted by atomic mass is 10.2. The summed E-state index contributed by atoms with van der Waals surface area (Å²) < 4.78 is 5.12. The molecule has 0 aromatic carbocycles. The van der Waals surface area contributed by atoms with E-state index in [0.29, 0.717) is 5.76 Å². The summed E-state index contributed by atoms with van der Waals surface area (Å²) in [5, 5.41) is 7.01. The van der Waals surface area contributed by atoms with Crippen LogP contribution in [0.3, 0.4) is 0 Å². The van der Waals surface area contributed by atoms with E-state index in [4.69, 9.17) is 4.42 Å². The van der Waals surface area contributed by atoms with Gasteiger partial charge in [-0.25, -0.2) is 4.79 Å². The molecule has 0 radical (unpaired) electrons. The molecule has 0 bridgehead atoms. The third-order valence-electron chi connectivity index (χ3n) is 3.84. The summed E-state index contributed by atoms with van der Waals surface area (Å²) in [6.45, 7) is 1.37. The smallest absolute Gasteiger partial charge is 0.321 e. The highest BCUT2D eigenvalue weighted by Crippen LogP contribution is 2.33. The number of amides is 3. The second-order valence-corrected chi connectivity index (χ2v) is 6.43. The van der Waals surface area contributed by atoms with E-state index in [2.05, 4.69) is 21.6 Å². The maximum Gasteiger partial charge on any atom is 0.321 e. The first-order valence-electron chi connectivity index (χ1n) is 7.60. The van der Waals surface area contributed by atoms with Crippen LogP contribution >= 0.6 is 11.3 Å². The van der Waals surface area contributed by atoms with E-state index in [1.807, 2.05) is 11.4 Å². The minimum Gasteiger partial charge on any atom is -0.467 e. The van der Waals surface area contributed by atoms with E-state index in [-0.39, 0.29) is 25.0 Å². The SMILES string of the molecule is O=C(CN1CCC[C@@H]1c1cccs1)NC(=O)NCc1ccco1. The third-order valence-corrected chi connectivity index (χ3v) is 4.81. The van der Waals surface area contributed by atoms with Crippen molar-refractivity contribution in [3.63, 3.8) is 0 Å². The number of hydrogen-bond acceptors (Lipinski definition) is 5. The molecule has 0 unspecified atom stereocenters. The molecule has 23 heavy (non-hydrogen) atoms. The van der Waals surface area contributed by atoms with E-state index in [1.165, 1.54) is 11.1 Å². The standard InChI is InChI=1S/C16H19N3O3S/c20-15(18-16(21)17-10-12-4-2-8-22-12)11-19-7-1-5-13(19)14-6-3-9-23-14/h2-4,6,8-9,13H,1,5,7,10-11H2,(H2,17,18,20,21)/t13-/m1/s1. The zero-order valence-electron chi connectivity index (χ0n) is 12.7. The summed E-state index contributed by atoms with van der Waals surface area (Å²) in [5.74, 6) is 0.357. The molecule has 3 rings (SSSR count). The zero-order chi connectivity index (χ0) is 16.1. The van der Waals surface area contributed by atoms with Crippen LogP contribution in [0.5, 0.6) is 0 Å². The van der Waals surface area contributed by atoms with Crippen LogP contribution in [-0.2, 0) is 11.3 Å². The molecule has 1 atom stereocenters. The summed E-state index contributed by atoms with van der Waals surface area (Å²) in [6, 6.07) is 7.42. The van der Waals surface area contributed by atoms with Crippen LogP contribution in [0.2, 0.25) is 0 Å². The summed E-state index contributed by atoms with van der Waals surface area (Å²) in [6.07, 6.45) is 3.66. The topological polar surface area (TPSA) is 74.6 Å². The van der Waals surface area contributed by atoms with Gasteiger partial charge in [-0.15, -0.1) is 11.3 Å². The highest BCUT2D eigenvalue weighted by molar-refractivity contribution is 7.10. The van der Waals surface area contributed by atoms with Gasteiger partial charge < -0.3 is 9.73 Å². The molecule has 1 saturated heterocycles. The van der Waals surface area contributed by atoms with Crippen LogP contribution in [0.1, 0.15) is 29.5 Å². The van der Waals surface area contributed by atoms with Gasteiger partial charge in [-0.1, -0.05) is 6.07 Å². The number of carbonyl (C=O) groups is 2. The van der Waals surface area contributed by atoms with Crippen molar-refractivity contribution in [1.29, 1.82) is 0 Å². The number of nitrogens with zero attached hydrogens (tertiary/aromatic N) is 1. The highest BCUT2D eigenvalue weighted by Gasteiger charge is 2.28. The number of hydrogen-bond donors (Lipinski definition) is 2. The average Bonchev–Trinajstić information content (AvgIpc) is 3.27. The van der Waals surface area contributed by atoms with Gasteiger partial charge in [-0.2, -0.15) is 0 Å². The first-order chi connectivity index (χ1) is 11.2. The van der Waals surface area contributed by atoms with Crippen molar-refractivity contribution in [3.05, 3.63) is 46.5 Å². The quantitative estimate of drug-likeness (QED) is 0.882. The minimum atomic E-state index is -0.502. The molecule has 0 saturated carbocycles. The number of thiophene rings is 1. The van der Waals surface area contributed by atoms with E-state index >= 15 is 0 Å². The molecule has 0 spiro atoms. The second-order valence-electron chi connectivity index (χ2n) is 5.45. The molecule has 1 aliphatic rings. The number of furan rings is 1. The van der Waals surface area contributed by atoms with Crippen LogP contribution in [0.25, 0.3) is 0 Å². The van der Waals surface area contributed by atoms with Gasteiger partial charge in [0.2, 0.25) is 5.91 Å². The van der Waals surface area contributed by atoms with Gasteiger partial charge in [0.1, 0.15) is 5.76 Å². The molecule has 0 aliphatic carbocycles. The van der Waals surface area contributed by atoms with Crippen LogP contribution in [0.15, 0.2) is 40.3 Å². The third kappa shape index (κ3) is 4.20. The van der Waals surface area contributed by atoms with Gasteiger partial charge in [0.15, 0.2) is 0 Å². The normalized spacial score (nSPS) is 18.0. The van der Waals surface area contributed by atoms with Crippen LogP contribution in [0.4, 0.5) is 4.79 Å². The molecule has 2 aromatic rings. The first kappa shape index (κ1) is 15.8. The Morgan fingerprint density at radius 1 is 1.35 bits per heavy atom. The summed E-state index contributed by atoms with van der Waals surface area (Å²) in [4.78, 5) is 27.2. The average molecular weight is 333 g/mol. The largest absolute Gasteiger partial charge is 0.467 e. The van der Waals surface area contributed by atoms with E-state index in [1.54, 1.807) is 23.5 Å². The Hall–Kier alpha value is -2.12. The van der Waals surface area contributed by atoms with Crippen molar-refractivity contribution in [2.24, 2.45) is 0 Å². The molecular weight excluding hydrogens is 314 g/mol. The predicted molar refractivity (Wildman–Crippen MR) is 87.0 cm³/mol. The summed E-state index contributed by atoms with van der Waals surface area (Å²) in [7, 11) is 0. The molecule has 1 aliphatic heterocycles. The number of nitrogens with one attached hydrogen (secondary N) is 2. The lowest BCUT2D eigenvalue weighted by Crippen LogP contribution is -2.44. The number of carbonyl (C=O) groups excluding carboxylic acids is 2. The number of urea groups is 1. The van der Waals surface area contributed by atoms with E-state index in [0.717, 1.165) is 19.4 Å². The Morgan fingerprint density at radius 3 is 3.00 bits per heavy atom. The first-order valence-corrected chi connectivity index (χ1v) is 8.48. The zero-order valence-corrected chi connectivity index (χ0v) is 13.5. The molecule has 7 heteroatoms. The predicted octanol–water partition coefficient (Wildman–Crippen LogP) is 2.50. The lowest BCUT2D eigenvalue weighted by molar-refractivity contribution is -0.121. The van der Waals surface area contributed by atoms with Gasteiger partial charge in [-0.05, 0) is 43.0 Å². The molecule has 6 nitrogen and oxygen atoms in total. The van der Waals surface area contributed by atoms with Crippen molar-refractivity contribution in [1.82, 2.24) is 15.5 Å². The van der Waals surface area contributed by atoms with Crippen molar-refractivity contribution < 1.29 is 14.0 Å². The fourth-order valence-corrected chi connectivity index (χ4v) is 3.69. The Morgan fingerprint density at radius 2 is 2.26 bits per heavy atom. The highest BCUT2D eigenvalue weighted by atomic mass is 32.1. The van der Waals surface area contributed by atoms with Gasteiger partial charge in [-0.3, -0.25) is 15.0 Å². The molecular formula is C16H19N3O3S. The van der Waals surface area contributed by atoms with Gasteiger partial charge in [0.05, 0.1) is 19.4 Å². The maximum absolute atomic E-state index is 12.1. The van der Waals surface area contributed by atoms with Crippen molar-refractivity contribution in [2.45, 2.75) is 25.4 Å². The van der Waals surface area contributed by atoms with Crippen LogP contribution in [-0.4, -0.2) is 29.9 Å². The van der Waals surface area contributed by atoms with E-state index < -0.39 is 6.03 Å². The fraction of sp³-hybridized carbons (Fsp3) is 0.375. The number of rotatable bonds is 5. The summed E-state index contributed by atoms with van der Waals surface area (Å²) in [5.41, 5.74) is 0. The number of imide groups is 1. The molecule has 3 heterocycles. The Bertz CT molecular complexity index is 640. The number of likely N-dealkylation sites (tertiary alicyclic amines) is 1. The molecule has 1 fully saturated rings. The maximum atomic E-state index is 12.1. The lowest BCUT2D eigenvalue weighted by Gasteiger charge is -2.22. The molecule has 3 amide bonds. The molecule has 122 valence electrons. The van der Waals surface area contributed by atoms with E-state index in [9.17, 15) is 9.59 Å². The van der Waals surface area contributed by atoms with Crippen molar-refractivity contribution in [3.8, 4) is 0 Å². The molecule has 2 N–H and O–H groups in total. The van der Waals surface area contributed by atoms with Gasteiger partial charge >= 0.3 is 6.03 Å². The molecule has 2 aromatic heterocycles. The Balaban J connectivity index is 1.46. The van der Waals surface area contributed by atoms with Gasteiger partial charge in [0, 0.05) is 10.9 Å². The summed E-state index contributed by atoms with van der Waals surface area (Å²) >= 11 is 1.71. The van der Waals surface area contributed by atoms with Crippen LogP contribution in [0, 0.1) is 0 Å². The Labute approximate surface area is 138 Å². The van der Waals surface area contributed by atoms with Gasteiger partial charge in [0.25, 0.3) is 0 Å². The van der Waals surface area contributed by atoms with Crippen molar-refractivity contribution >= 4 is 23.3 Å².